The van der Waals surface area contributed by atoms with Crippen molar-refractivity contribution in [2.24, 2.45) is 0 Å². The number of benzene rings is 3. The number of rotatable bonds is 4. The van der Waals surface area contributed by atoms with Crippen molar-refractivity contribution in [1.82, 2.24) is 10.2 Å². The number of nitrogens with zero attached hydrogens (tertiary/aromatic N) is 2. The maximum absolute atomic E-state index is 10.7. The van der Waals surface area contributed by atoms with E-state index in [1.165, 1.54) is 11.3 Å². The highest BCUT2D eigenvalue weighted by molar-refractivity contribution is 7.15. The molecule has 4 aromatic rings. The fraction of sp³-hybridized carbons (Fsp3) is 0.100. The van der Waals surface area contributed by atoms with Crippen molar-refractivity contribution in [3.63, 3.8) is 0 Å². The molecule has 3 aromatic carbocycles. The molecular weight excluding hydrogens is 401 g/mol. The number of halogens is 2. The molecule has 0 radical (unpaired) electrons. The highest BCUT2D eigenvalue weighted by Crippen LogP contribution is 2.41. The smallest absolute Gasteiger partial charge is 0.206 e. The predicted octanol–water partition coefficient (Wildman–Crippen LogP) is 6.21. The van der Waals surface area contributed by atoms with Gasteiger partial charge in [-0.15, -0.1) is 10.2 Å². The van der Waals surface area contributed by atoms with E-state index in [0.29, 0.717) is 20.7 Å². The number of hydrogen-bond acceptors (Lipinski definition) is 5. The van der Waals surface area contributed by atoms with Crippen LogP contribution in [0.4, 0.5) is 5.13 Å². The first kappa shape index (κ1) is 18.0. The molecule has 27 heavy (non-hydrogen) atoms. The van der Waals surface area contributed by atoms with Gasteiger partial charge >= 0.3 is 0 Å². The Morgan fingerprint density at radius 2 is 1.81 bits per heavy atom. The number of anilines is 1. The van der Waals surface area contributed by atoms with Crippen LogP contribution in [0.15, 0.2) is 54.6 Å². The Kier molecular flexibility index (Phi) is 4.91. The second kappa shape index (κ2) is 7.35. The van der Waals surface area contributed by atoms with E-state index in [9.17, 15) is 5.11 Å². The molecule has 1 heterocycles. The van der Waals surface area contributed by atoms with Crippen LogP contribution in [0.5, 0.6) is 5.75 Å². The summed E-state index contributed by atoms with van der Waals surface area (Å²) in [5.74, 6) is 0.170. The monoisotopic (exact) mass is 415 g/mol. The molecule has 1 atom stereocenters. The summed E-state index contributed by atoms with van der Waals surface area (Å²) in [6.07, 6.45) is 0. The Morgan fingerprint density at radius 1 is 1.00 bits per heavy atom. The molecule has 0 fully saturated rings. The van der Waals surface area contributed by atoms with Gasteiger partial charge in [0.2, 0.25) is 5.13 Å². The van der Waals surface area contributed by atoms with E-state index < -0.39 is 6.04 Å². The van der Waals surface area contributed by atoms with Gasteiger partial charge in [-0.3, -0.25) is 0 Å². The van der Waals surface area contributed by atoms with Gasteiger partial charge in [0.15, 0.2) is 0 Å². The van der Waals surface area contributed by atoms with E-state index in [0.717, 1.165) is 21.3 Å². The van der Waals surface area contributed by atoms with Crippen LogP contribution >= 0.6 is 34.5 Å². The summed E-state index contributed by atoms with van der Waals surface area (Å²) in [7, 11) is 0. The Hall–Kier alpha value is -2.34. The van der Waals surface area contributed by atoms with Crippen molar-refractivity contribution in [2.75, 3.05) is 5.32 Å². The van der Waals surface area contributed by atoms with E-state index in [-0.39, 0.29) is 5.75 Å². The van der Waals surface area contributed by atoms with Crippen LogP contribution in [-0.4, -0.2) is 15.3 Å². The Balaban J connectivity index is 1.96. The summed E-state index contributed by atoms with van der Waals surface area (Å²) >= 11 is 14.2. The first-order valence-corrected chi connectivity index (χ1v) is 9.83. The van der Waals surface area contributed by atoms with Gasteiger partial charge in [-0.25, -0.2) is 0 Å². The van der Waals surface area contributed by atoms with Crippen molar-refractivity contribution in [1.29, 1.82) is 0 Å². The number of fused-ring (bicyclic) bond motifs is 1. The van der Waals surface area contributed by atoms with Crippen molar-refractivity contribution >= 4 is 50.4 Å². The maximum Gasteiger partial charge on any atom is 0.206 e. The van der Waals surface area contributed by atoms with Crippen LogP contribution in [0.1, 0.15) is 22.2 Å². The quantitative estimate of drug-likeness (QED) is 0.415. The van der Waals surface area contributed by atoms with E-state index in [4.69, 9.17) is 23.2 Å². The first-order valence-electron chi connectivity index (χ1n) is 8.26. The Bertz CT molecular complexity index is 1130. The second-order valence-corrected chi connectivity index (χ2v) is 8.03. The average molecular weight is 416 g/mol. The fourth-order valence-electron chi connectivity index (χ4n) is 3.11. The number of hydrogen-bond donors (Lipinski definition) is 2. The normalized spacial score (nSPS) is 12.3. The average Bonchev–Trinajstić information content (AvgIpc) is 3.07. The zero-order valence-electron chi connectivity index (χ0n) is 14.3. The number of aromatic hydroxyl groups is 1. The molecule has 4 nitrogen and oxygen atoms in total. The van der Waals surface area contributed by atoms with Crippen molar-refractivity contribution in [3.8, 4) is 5.75 Å². The minimum absolute atomic E-state index is 0.170. The molecular formula is C20H15Cl2N3OS. The van der Waals surface area contributed by atoms with Crippen LogP contribution in [0.25, 0.3) is 10.8 Å². The fourth-order valence-corrected chi connectivity index (χ4v) is 4.15. The van der Waals surface area contributed by atoms with Gasteiger partial charge in [-0.05, 0) is 35.4 Å². The minimum Gasteiger partial charge on any atom is -0.508 e. The predicted molar refractivity (Wildman–Crippen MR) is 112 cm³/mol. The third-order valence-corrected chi connectivity index (χ3v) is 5.93. The molecule has 7 heteroatoms. The maximum atomic E-state index is 10.7. The van der Waals surface area contributed by atoms with Gasteiger partial charge in [-0.2, -0.15) is 0 Å². The highest BCUT2D eigenvalue weighted by Gasteiger charge is 2.24. The number of aromatic nitrogens is 2. The van der Waals surface area contributed by atoms with Crippen molar-refractivity contribution < 1.29 is 5.11 Å². The zero-order valence-corrected chi connectivity index (χ0v) is 16.6. The van der Waals surface area contributed by atoms with Gasteiger partial charge < -0.3 is 10.4 Å². The lowest BCUT2D eigenvalue weighted by Gasteiger charge is -2.23. The van der Waals surface area contributed by atoms with Crippen molar-refractivity contribution in [2.45, 2.75) is 13.0 Å². The summed E-state index contributed by atoms with van der Waals surface area (Å²) in [6, 6.07) is 16.5. The van der Waals surface area contributed by atoms with Gasteiger partial charge in [0, 0.05) is 5.56 Å². The topological polar surface area (TPSA) is 58.0 Å². The van der Waals surface area contributed by atoms with Gasteiger partial charge in [0.1, 0.15) is 10.8 Å². The first-order chi connectivity index (χ1) is 13.0. The number of nitrogens with one attached hydrogen (secondary N) is 1. The number of phenols is 1. The highest BCUT2D eigenvalue weighted by atomic mass is 35.5. The van der Waals surface area contributed by atoms with Crippen LogP contribution in [0, 0.1) is 6.92 Å². The molecule has 2 N–H and O–H groups in total. The van der Waals surface area contributed by atoms with E-state index >= 15 is 0 Å². The molecule has 0 aliphatic rings. The molecule has 1 aromatic heterocycles. The van der Waals surface area contributed by atoms with Crippen LogP contribution in [-0.2, 0) is 0 Å². The molecule has 4 rings (SSSR count). The lowest BCUT2D eigenvalue weighted by Crippen LogP contribution is -2.14. The number of aryl methyl sites for hydroxylation is 1. The SMILES string of the molecule is Cc1nnc(NC(c2cccc(Cl)c2Cl)c2c(O)ccc3ccccc23)s1. The Morgan fingerprint density at radius 3 is 2.59 bits per heavy atom. The lowest BCUT2D eigenvalue weighted by molar-refractivity contribution is 0.468. The van der Waals surface area contributed by atoms with E-state index in [1.54, 1.807) is 12.1 Å². The lowest BCUT2D eigenvalue weighted by atomic mass is 9.93. The molecule has 0 bridgehead atoms. The molecule has 0 amide bonds. The molecule has 1 unspecified atom stereocenters. The third kappa shape index (κ3) is 3.46. The summed E-state index contributed by atoms with van der Waals surface area (Å²) in [5, 5.41) is 26.7. The Labute approximate surface area is 170 Å². The van der Waals surface area contributed by atoms with Crippen LogP contribution in [0.3, 0.4) is 0 Å². The van der Waals surface area contributed by atoms with E-state index in [1.807, 2.05) is 49.4 Å². The molecule has 0 saturated heterocycles. The van der Waals surface area contributed by atoms with Gasteiger partial charge in [0.25, 0.3) is 0 Å². The standard InChI is InChI=1S/C20H15Cl2N3OS/c1-11-24-25-20(27-11)23-19(14-7-4-8-15(21)18(14)22)17-13-6-3-2-5-12(13)9-10-16(17)26/h2-10,19,26H,1H3,(H,23,25). The number of phenolic OH excluding ortho intramolecular Hbond substituents is 1. The second-order valence-electron chi connectivity index (χ2n) is 6.07. The third-order valence-electron chi connectivity index (χ3n) is 4.32. The van der Waals surface area contributed by atoms with Crippen LogP contribution < -0.4 is 5.32 Å². The minimum atomic E-state index is -0.449. The van der Waals surface area contributed by atoms with Crippen LogP contribution in [0.2, 0.25) is 10.0 Å². The van der Waals surface area contributed by atoms with Gasteiger partial charge in [0.05, 0.1) is 16.1 Å². The summed E-state index contributed by atoms with van der Waals surface area (Å²) < 4.78 is 0. The van der Waals surface area contributed by atoms with Crippen molar-refractivity contribution in [3.05, 3.63) is 80.8 Å². The summed E-state index contributed by atoms with van der Waals surface area (Å²) in [4.78, 5) is 0. The molecule has 0 spiro atoms. The summed E-state index contributed by atoms with van der Waals surface area (Å²) in [6.45, 7) is 1.89. The molecule has 0 saturated carbocycles. The zero-order chi connectivity index (χ0) is 19.0. The van der Waals surface area contributed by atoms with Gasteiger partial charge in [-0.1, -0.05) is 77.0 Å². The largest absolute Gasteiger partial charge is 0.508 e. The molecule has 136 valence electrons. The molecule has 0 aliphatic carbocycles. The molecule has 0 aliphatic heterocycles. The van der Waals surface area contributed by atoms with E-state index in [2.05, 4.69) is 15.5 Å². The summed E-state index contributed by atoms with van der Waals surface area (Å²) in [5.41, 5.74) is 1.47.